The van der Waals surface area contributed by atoms with Crippen LogP contribution in [0, 0.1) is 23.0 Å². The maximum absolute atomic E-state index is 14.2. The molecule has 162 valence electrons. The molecule has 0 saturated carbocycles. The van der Waals surface area contributed by atoms with Gasteiger partial charge in [-0.1, -0.05) is 12.1 Å². The molecule has 8 heteroatoms. The quantitative estimate of drug-likeness (QED) is 0.605. The van der Waals surface area contributed by atoms with E-state index in [1.807, 2.05) is 6.07 Å². The van der Waals surface area contributed by atoms with Crippen LogP contribution in [0.1, 0.15) is 27.5 Å². The molecule has 0 fully saturated rings. The highest BCUT2D eigenvalue weighted by molar-refractivity contribution is 6.05. The first kappa shape index (κ1) is 22.6. The van der Waals surface area contributed by atoms with Gasteiger partial charge in [0.1, 0.15) is 17.7 Å². The van der Waals surface area contributed by atoms with Gasteiger partial charge in [-0.15, -0.1) is 0 Å². The summed E-state index contributed by atoms with van der Waals surface area (Å²) in [6.45, 7) is 0. The van der Waals surface area contributed by atoms with Crippen molar-refractivity contribution >= 4 is 23.2 Å². The van der Waals surface area contributed by atoms with E-state index in [1.54, 1.807) is 49.3 Å². The second-order valence-electron chi connectivity index (χ2n) is 7.28. The zero-order valence-corrected chi connectivity index (χ0v) is 17.4. The largest absolute Gasteiger partial charge is 0.324 e. The molecule has 0 aliphatic heterocycles. The lowest BCUT2D eigenvalue weighted by Crippen LogP contribution is -2.32. The molecule has 32 heavy (non-hydrogen) atoms. The number of halogens is 2. The number of nitrogens with zero attached hydrogens (tertiary/aromatic N) is 2. The third kappa shape index (κ3) is 5.53. The van der Waals surface area contributed by atoms with Crippen LogP contribution < -0.4 is 10.6 Å². The molecule has 3 rings (SSSR count). The number of likely N-dealkylation sites (N-methyl/N-ethyl adjacent to an activating group) is 1. The SMILES string of the molecule is CN(C)C(C(=O)Nc1cc(F)cc(C(=O)Nc2ccc(C#N)cc2)c1)c1cccc(F)c1. The van der Waals surface area contributed by atoms with Crippen molar-refractivity contribution in [2.45, 2.75) is 6.04 Å². The van der Waals surface area contributed by atoms with Crippen molar-refractivity contribution in [3.8, 4) is 6.07 Å². The Bertz CT molecular complexity index is 1190. The Hall–Kier alpha value is -4.09. The van der Waals surface area contributed by atoms with E-state index in [0.29, 0.717) is 16.8 Å². The minimum Gasteiger partial charge on any atom is -0.324 e. The van der Waals surface area contributed by atoms with Crippen LogP contribution in [0.2, 0.25) is 0 Å². The smallest absolute Gasteiger partial charge is 0.255 e. The Labute approximate surface area is 184 Å². The van der Waals surface area contributed by atoms with E-state index in [9.17, 15) is 18.4 Å². The summed E-state index contributed by atoms with van der Waals surface area (Å²) in [6, 6.07) is 16.5. The van der Waals surface area contributed by atoms with E-state index in [0.717, 1.165) is 12.1 Å². The van der Waals surface area contributed by atoms with Gasteiger partial charge in [0.25, 0.3) is 5.91 Å². The van der Waals surface area contributed by atoms with E-state index in [1.165, 1.54) is 24.3 Å². The van der Waals surface area contributed by atoms with Crippen molar-refractivity contribution in [3.63, 3.8) is 0 Å². The molecule has 2 N–H and O–H groups in total. The number of nitrogens with one attached hydrogen (secondary N) is 2. The monoisotopic (exact) mass is 434 g/mol. The van der Waals surface area contributed by atoms with Gasteiger partial charge in [0.05, 0.1) is 11.6 Å². The molecule has 0 aliphatic rings. The lowest BCUT2D eigenvalue weighted by molar-refractivity contribution is -0.120. The molecular formula is C24H20F2N4O2. The Kier molecular flexibility index (Phi) is 6.93. The summed E-state index contributed by atoms with van der Waals surface area (Å²) in [5.74, 6) is -2.28. The molecule has 0 aliphatic carbocycles. The Morgan fingerprint density at radius 1 is 0.906 bits per heavy atom. The molecule has 0 radical (unpaired) electrons. The van der Waals surface area contributed by atoms with Crippen molar-refractivity contribution in [3.05, 3.63) is 95.1 Å². The molecule has 1 atom stereocenters. The minimum atomic E-state index is -0.829. The molecule has 2 amide bonds. The summed E-state index contributed by atoms with van der Waals surface area (Å²) in [5, 5.41) is 14.1. The van der Waals surface area contributed by atoms with Gasteiger partial charge in [-0.3, -0.25) is 14.5 Å². The number of nitriles is 1. The van der Waals surface area contributed by atoms with E-state index in [4.69, 9.17) is 5.26 Å². The summed E-state index contributed by atoms with van der Waals surface area (Å²) in [7, 11) is 3.33. The van der Waals surface area contributed by atoms with Crippen LogP contribution in [0.3, 0.4) is 0 Å². The van der Waals surface area contributed by atoms with Gasteiger partial charge in [-0.25, -0.2) is 8.78 Å². The number of anilines is 2. The number of rotatable bonds is 6. The van der Waals surface area contributed by atoms with Crippen LogP contribution >= 0.6 is 0 Å². The highest BCUT2D eigenvalue weighted by atomic mass is 19.1. The van der Waals surface area contributed by atoms with Gasteiger partial charge < -0.3 is 10.6 Å². The lowest BCUT2D eigenvalue weighted by atomic mass is 10.0. The van der Waals surface area contributed by atoms with Crippen molar-refractivity contribution < 1.29 is 18.4 Å². The van der Waals surface area contributed by atoms with Gasteiger partial charge >= 0.3 is 0 Å². The van der Waals surface area contributed by atoms with E-state index in [2.05, 4.69) is 10.6 Å². The number of hydrogen-bond acceptors (Lipinski definition) is 4. The first-order chi connectivity index (χ1) is 15.3. The van der Waals surface area contributed by atoms with Crippen LogP contribution in [0.15, 0.2) is 66.7 Å². The lowest BCUT2D eigenvalue weighted by Gasteiger charge is -2.24. The maximum atomic E-state index is 14.2. The molecule has 6 nitrogen and oxygen atoms in total. The van der Waals surface area contributed by atoms with Crippen molar-refractivity contribution in [2.24, 2.45) is 0 Å². The average molecular weight is 434 g/mol. The van der Waals surface area contributed by atoms with Gasteiger partial charge in [-0.05, 0) is 74.3 Å². The first-order valence-corrected chi connectivity index (χ1v) is 9.61. The number of carbonyl (C=O) groups is 2. The van der Waals surface area contributed by atoms with E-state index < -0.39 is 29.5 Å². The molecule has 0 saturated heterocycles. The fraction of sp³-hybridized carbons (Fsp3) is 0.125. The van der Waals surface area contributed by atoms with Crippen molar-refractivity contribution in [1.82, 2.24) is 4.90 Å². The van der Waals surface area contributed by atoms with Crippen molar-refractivity contribution in [2.75, 3.05) is 24.7 Å². The zero-order chi connectivity index (χ0) is 23.3. The summed E-state index contributed by atoms with van der Waals surface area (Å²) >= 11 is 0. The number of carbonyl (C=O) groups excluding carboxylic acids is 2. The number of hydrogen-bond donors (Lipinski definition) is 2. The van der Waals surface area contributed by atoms with Crippen molar-refractivity contribution in [1.29, 1.82) is 5.26 Å². The molecule has 1 unspecified atom stereocenters. The molecule has 3 aromatic rings. The van der Waals surface area contributed by atoms with Gasteiger partial charge in [0, 0.05) is 16.9 Å². The van der Waals surface area contributed by atoms with Crippen LogP contribution in [0.25, 0.3) is 0 Å². The highest BCUT2D eigenvalue weighted by Crippen LogP contribution is 2.23. The molecule has 0 spiro atoms. The predicted molar refractivity (Wildman–Crippen MR) is 117 cm³/mol. The second kappa shape index (κ2) is 9.81. The molecule has 0 heterocycles. The highest BCUT2D eigenvalue weighted by Gasteiger charge is 2.24. The standard InChI is InChI=1S/C24H20F2N4O2/c1-30(2)22(16-4-3-5-18(25)10-16)24(32)29-21-12-17(11-19(26)13-21)23(31)28-20-8-6-15(14-27)7-9-20/h3-13,22H,1-2H3,(H,28,31)(H,29,32). The predicted octanol–water partition coefficient (Wildman–Crippen LogP) is 4.33. The Balaban J connectivity index is 1.80. The topological polar surface area (TPSA) is 85.2 Å². The van der Waals surface area contributed by atoms with Crippen LogP contribution in [-0.2, 0) is 4.79 Å². The molecular weight excluding hydrogens is 414 g/mol. The summed E-state index contributed by atoms with van der Waals surface area (Å²) in [5.41, 5.74) is 1.39. The fourth-order valence-corrected chi connectivity index (χ4v) is 3.20. The average Bonchev–Trinajstić information content (AvgIpc) is 2.73. The van der Waals surface area contributed by atoms with Crippen LogP contribution in [0.4, 0.5) is 20.2 Å². The van der Waals surface area contributed by atoms with Gasteiger partial charge in [-0.2, -0.15) is 5.26 Å². The fourth-order valence-electron chi connectivity index (χ4n) is 3.20. The summed E-state index contributed by atoms with van der Waals surface area (Å²) in [4.78, 5) is 27.0. The van der Waals surface area contributed by atoms with E-state index in [-0.39, 0.29) is 11.3 Å². The normalized spacial score (nSPS) is 11.5. The zero-order valence-electron chi connectivity index (χ0n) is 17.4. The van der Waals surface area contributed by atoms with Crippen LogP contribution in [-0.4, -0.2) is 30.8 Å². The molecule has 0 aromatic heterocycles. The third-order valence-electron chi connectivity index (χ3n) is 4.63. The number of benzene rings is 3. The minimum absolute atomic E-state index is 0.00295. The van der Waals surface area contributed by atoms with Crippen LogP contribution in [0.5, 0.6) is 0 Å². The van der Waals surface area contributed by atoms with Gasteiger partial charge in [0.15, 0.2) is 0 Å². The first-order valence-electron chi connectivity index (χ1n) is 9.61. The second-order valence-corrected chi connectivity index (χ2v) is 7.28. The third-order valence-corrected chi connectivity index (χ3v) is 4.63. The van der Waals surface area contributed by atoms with Gasteiger partial charge in [0.2, 0.25) is 5.91 Å². The Morgan fingerprint density at radius 3 is 2.25 bits per heavy atom. The Morgan fingerprint density at radius 2 is 1.62 bits per heavy atom. The molecule has 3 aromatic carbocycles. The summed E-state index contributed by atoms with van der Waals surface area (Å²) in [6.07, 6.45) is 0. The maximum Gasteiger partial charge on any atom is 0.255 e. The summed E-state index contributed by atoms with van der Waals surface area (Å²) < 4.78 is 27.8. The molecule has 0 bridgehead atoms. The van der Waals surface area contributed by atoms with E-state index >= 15 is 0 Å². The number of amides is 2.